The molecule has 0 aliphatic carbocycles. The minimum absolute atomic E-state index is 0.0555. The van der Waals surface area contributed by atoms with E-state index in [2.05, 4.69) is 0 Å². The second-order valence-electron chi connectivity index (χ2n) is 4.26. The molecule has 0 spiro atoms. The number of hydrogen-bond acceptors (Lipinski definition) is 4. The van der Waals surface area contributed by atoms with Gasteiger partial charge >= 0.3 is 6.18 Å². The second kappa shape index (κ2) is 8.08. The third-order valence-corrected chi connectivity index (χ3v) is 2.42. The van der Waals surface area contributed by atoms with E-state index in [0.717, 1.165) is 5.56 Å². The second-order valence-corrected chi connectivity index (χ2v) is 4.26. The zero-order valence-corrected chi connectivity index (χ0v) is 10.9. The van der Waals surface area contributed by atoms with Gasteiger partial charge in [0.1, 0.15) is 18.5 Å². The van der Waals surface area contributed by atoms with Crippen LogP contribution in [0.1, 0.15) is 12.0 Å². The van der Waals surface area contributed by atoms with Gasteiger partial charge in [-0.3, -0.25) is 0 Å². The lowest BCUT2D eigenvalue weighted by molar-refractivity contribution is -0.147. The fourth-order valence-electron chi connectivity index (χ4n) is 1.41. The Morgan fingerprint density at radius 1 is 1.25 bits per heavy atom. The van der Waals surface area contributed by atoms with Gasteiger partial charge in [-0.05, 0) is 17.7 Å². The van der Waals surface area contributed by atoms with Crippen molar-refractivity contribution in [2.24, 2.45) is 5.73 Å². The summed E-state index contributed by atoms with van der Waals surface area (Å²) in [6.07, 6.45) is -6.26. The summed E-state index contributed by atoms with van der Waals surface area (Å²) in [5, 5.41) is 9.51. The maximum absolute atomic E-state index is 11.8. The first kappa shape index (κ1) is 16.7. The Hall–Kier alpha value is -1.31. The maximum Gasteiger partial charge on any atom is 0.391 e. The van der Waals surface area contributed by atoms with Crippen molar-refractivity contribution in [2.45, 2.75) is 25.2 Å². The number of aliphatic hydroxyl groups excluding tert-OH is 1. The van der Waals surface area contributed by atoms with Crippen LogP contribution in [0, 0.1) is 0 Å². The Balaban J connectivity index is 2.20. The van der Waals surface area contributed by atoms with Crippen molar-refractivity contribution < 1.29 is 27.8 Å². The molecule has 0 aromatic heterocycles. The van der Waals surface area contributed by atoms with Gasteiger partial charge in [0.2, 0.25) is 0 Å². The SMILES string of the molecule is NCc1cccc(OCC(O)COCCC(F)(F)F)c1. The first-order chi connectivity index (χ1) is 9.40. The lowest BCUT2D eigenvalue weighted by atomic mass is 10.2. The van der Waals surface area contributed by atoms with Crippen molar-refractivity contribution in [3.63, 3.8) is 0 Å². The molecular weight excluding hydrogens is 275 g/mol. The molecule has 20 heavy (non-hydrogen) atoms. The largest absolute Gasteiger partial charge is 0.491 e. The summed E-state index contributed by atoms with van der Waals surface area (Å²) < 4.78 is 45.6. The number of ether oxygens (including phenoxy) is 2. The average molecular weight is 293 g/mol. The van der Waals surface area contributed by atoms with E-state index in [1.807, 2.05) is 6.07 Å². The quantitative estimate of drug-likeness (QED) is 0.718. The monoisotopic (exact) mass is 293 g/mol. The topological polar surface area (TPSA) is 64.7 Å². The summed E-state index contributed by atoms with van der Waals surface area (Å²) in [5.41, 5.74) is 6.36. The van der Waals surface area contributed by atoms with Crippen molar-refractivity contribution in [1.29, 1.82) is 0 Å². The van der Waals surface area contributed by atoms with E-state index in [1.165, 1.54) is 0 Å². The van der Waals surface area contributed by atoms with Gasteiger partial charge < -0.3 is 20.3 Å². The summed E-state index contributed by atoms with van der Waals surface area (Å²) in [4.78, 5) is 0. The molecule has 0 saturated carbocycles. The van der Waals surface area contributed by atoms with E-state index >= 15 is 0 Å². The van der Waals surface area contributed by atoms with Crippen LogP contribution in [0.25, 0.3) is 0 Å². The van der Waals surface area contributed by atoms with Crippen molar-refractivity contribution in [2.75, 3.05) is 19.8 Å². The Labute approximate surface area is 115 Å². The first-order valence-electron chi connectivity index (χ1n) is 6.15. The third kappa shape index (κ3) is 7.32. The zero-order valence-electron chi connectivity index (χ0n) is 10.9. The van der Waals surface area contributed by atoms with Crippen LogP contribution in [0.15, 0.2) is 24.3 Å². The number of benzene rings is 1. The van der Waals surface area contributed by atoms with Gasteiger partial charge in [-0.25, -0.2) is 0 Å². The smallest absolute Gasteiger partial charge is 0.391 e. The van der Waals surface area contributed by atoms with Gasteiger partial charge in [-0.2, -0.15) is 13.2 Å². The number of nitrogens with two attached hydrogens (primary N) is 1. The molecule has 1 rings (SSSR count). The highest BCUT2D eigenvalue weighted by Gasteiger charge is 2.26. The number of rotatable bonds is 8. The molecule has 0 bridgehead atoms. The molecule has 1 unspecified atom stereocenters. The predicted molar refractivity (Wildman–Crippen MR) is 67.3 cm³/mol. The average Bonchev–Trinajstić information content (AvgIpc) is 2.40. The molecule has 4 nitrogen and oxygen atoms in total. The van der Waals surface area contributed by atoms with Crippen LogP contribution >= 0.6 is 0 Å². The Morgan fingerprint density at radius 2 is 2.00 bits per heavy atom. The molecule has 0 fully saturated rings. The zero-order chi connectivity index (χ0) is 15.0. The summed E-state index contributed by atoms with van der Waals surface area (Å²) in [6.45, 7) is -0.351. The first-order valence-corrected chi connectivity index (χ1v) is 6.15. The molecular formula is C13H18F3NO3. The number of hydrogen-bond donors (Lipinski definition) is 2. The maximum atomic E-state index is 11.8. The Morgan fingerprint density at radius 3 is 2.65 bits per heavy atom. The lowest BCUT2D eigenvalue weighted by Crippen LogP contribution is -2.24. The molecule has 0 aliphatic heterocycles. The van der Waals surface area contributed by atoms with Crippen LogP contribution in [0.5, 0.6) is 5.75 Å². The molecule has 0 amide bonds. The summed E-state index contributed by atoms with van der Waals surface area (Å²) in [5.74, 6) is 0.544. The normalized spacial score (nSPS) is 13.2. The van der Waals surface area contributed by atoms with Crippen molar-refractivity contribution in [1.82, 2.24) is 0 Å². The molecule has 114 valence electrons. The van der Waals surface area contributed by atoms with Gasteiger partial charge in [0.15, 0.2) is 0 Å². The summed E-state index contributed by atoms with van der Waals surface area (Å²) in [6, 6.07) is 7.04. The van der Waals surface area contributed by atoms with Gasteiger partial charge in [-0.15, -0.1) is 0 Å². The van der Waals surface area contributed by atoms with E-state index in [1.54, 1.807) is 18.2 Å². The number of aliphatic hydroxyl groups is 1. The number of alkyl halides is 3. The Kier molecular flexibility index (Phi) is 6.77. The highest BCUT2D eigenvalue weighted by Crippen LogP contribution is 2.19. The molecule has 0 aliphatic rings. The predicted octanol–water partition coefficient (Wildman–Crippen LogP) is 1.85. The molecule has 1 aromatic rings. The standard InChI is InChI=1S/C13H18F3NO3/c14-13(15,16)4-5-19-8-11(18)9-20-12-3-1-2-10(6-12)7-17/h1-3,6,11,18H,4-5,7-9,17H2. The third-order valence-electron chi connectivity index (χ3n) is 2.42. The van der Waals surface area contributed by atoms with Crippen LogP contribution in [0.2, 0.25) is 0 Å². The van der Waals surface area contributed by atoms with Gasteiger partial charge in [0, 0.05) is 6.54 Å². The van der Waals surface area contributed by atoms with E-state index < -0.39 is 25.3 Å². The summed E-state index contributed by atoms with van der Waals surface area (Å²) >= 11 is 0. The van der Waals surface area contributed by atoms with Crippen LogP contribution < -0.4 is 10.5 Å². The van der Waals surface area contributed by atoms with Crippen LogP contribution in [-0.4, -0.2) is 37.2 Å². The van der Waals surface area contributed by atoms with Crippen molar-refractivity contribution >= 4 is 0 Å². The van der Waals surface area contributed by atoms with E-state index in [4.69, 9.17) is 15.2 Å². The Bertz CT molecular complexity index is 399. The van der Waals surface area contributed by atoms with Gasteiger partial charge in [0.25, 0.3) is 0 Å². The molecule has 7 heteroatoms. The van der Waals surface area contributed by atoms with Crippen LogP contribution in [0.3, 0.4) is 0 Å². The fraction of sp³-hybridized carbons (Fsp3) is 0.538. The van der Waals surface area contributed by atoms with Crippen LogP contribution in [-0.2, 0) is 11.3 Å². The highest BCUT2D eigenvalue weighted by molar-refractivity contribution is 5.28. The summed E-state index contributed by atoms with van der Waals surface area (Å²) in [7, 11) is 0. The molecule has 1 aromatic carbocycles. The molecule has 0 saturated heterocycles. The lowest BCUT2D eigenvalue weighted by Gasteiger charge is -2.13. The van der Waals surface area contributed by atoms with E-state index in [0.29, 0.717) is 12.3 Å². The highest BCUT2D eigenvalue weighted by atomic mass is 19.4. The van der Waals surface area contributed by atoms with Crippen LogP contribution in [0.4, 0.5) is 13.2 Å². The molecule has 0 radical (unpaired) electrons. The minimum Gasteiger partial charge on any atom is -0.491 e. The van der Waals surface area contributed by atoms with Crippen molar-refractivity contribution in [3.8, 4) is 5.75 Å². The molecule has 0 heterocycles. The van der Waals surface area contributed by atoms with Gasteiger partial charge in [-0.1, -0.05) is 12.1 Å². The van der Waals surface area contributed by atoms with E-state index in [9.17, 15) is 18.3 Å². The van der Waals surface area contributed by atoms with Crippen molar-refractivity contribution in [3.05, 3.63) is 29.8 Å². The minimum atomic E-state index is -4.25. The molecule has 3 N–H and O–H groups in total. The molecule has 1 atom stereocenters. The van der Waals surface area contributed by atoms with Gasteiger partial charge in [0.05, 0.1) is 19.6 Å². The number of halogens is 3. The van der Waals surface area contributed by atoms with E-state index in [-0.39, 0.29) is 13.2 Å². The fourth-order valence-corrected chi connectivity index (χ4v) is 1.41.